The Labute approximate surface area is 111 Å². The quantitative estimate of drug-likeness (QED) is 0.809. The van der Waals surface area contributed by atoms with Gasteiger partial charge in [0.15, 0.2) is 0 Å². The van der Waals surface area contributed by atoms with E-state index in [-0.39, 0.29) is 18.0 Å². The van der Waals surface area contributed by atoms with E-state index in [0.717, 1.165) is 25.7 Å². The Hall–Kier alpha value is -1.36. The lowest BCUT2D eigenvalue weighted by molar-refractivity contribution is 0.0967. The van der Waals surface area contributed by atoms with E-state index in [4.69, 9.17) is 0 Å². The molecule has 0 radical (unpaired) electrons. The first-order valence-corrected chi connectivity index (χ1v) is 7.29. The second-order valence-corrected chi connectivity index (χ2v) is 5.54. The number of thiophene rings is 1. The summed E-state index contributed by atoms with van der Waals surface area (Å²) in [5, 5.41) is 7.07. The zero-order chi connectivity index (χ0) is 12.8. The third kappa shape index (κ3) is 3.84. The Morgan fingerprint density at radius 3 is 2.50 bits per heavy atom. The van der Waals surface area contributed by atoms with E-state index in [1.807, 2.05) is 5.38 Å². The van der Waals surface area contributed by atoms with Crippen molar-refractivity contribution in [3.63, 3.8) is 0 Å². The van der Waals surface area contributed by atoms with Crippen LogP contribution >= 0.6 is 11.3 Å². The summed E-state index contributed by atoms with van der Waals surface area (Å²) in [6.07, 6.45) is 6.83. The van der Waals surface area contributed by atoms with E-state index in [2.05, 4.69) is 10.6 Å². The molecular formula is C13H18N2O2S. The first-order chi connectivity index (χ1) is 8.75. The molecule has 1 aliphatic carbocycles. The lowest BCUT2D eigenvalue weighted by Gasteiger charge is -2.15. The topological polar surface area (TPSA) is 58.2 Å². The molecule has 1 aromatic heterocycles. The van der Waals surface area contributed by atoms with Gasteiger partial charge in [-0.15, -0.1) is 11.3 Å². The molecule has 0 aromatic carbocycles. The minimum atomic E-state index is -0.375. The zero-order valence-electron chi connectivity index (χ0n) is 10.3. The highest BCUT2D eigenvalue weighted by Gasteiger charge is 2.16. The van der Waals surface area contributed by atoms with Crippen molar-refractivity contribution in [3.05, 3.63) is 22.4 Å². The van der Waals surface area contributed by atoms with Gasteiger partial charge in [0.25, 0.3) is 5.91 Å². The molecule has 1 aromatic rings. The molecule has 0 spiro atoms. The number of carbonyl (C=O) groups is 2. The average molecular weight is 266 g/mol. The van der Waals surface area contributed by atoms with Gasteiger partial charge >= 0.3 is 6.03 Å². The predicted octanol–water partition coefficient (Wildman–Crippen LogP) is 2.91. The Morgan fingerprint density at radius 1 is 1.17 bits per heavy atom. The second-order valence-electron chi connectivity index (χ2n) is 4.59. The molecule has 4 nitrogen and oxygen atoms in total. The van der Waals surface area contributed by atoms with Crippen molar-refractivity contribution in [2.24, 2.45) is 0 Å². The summed E-state index contributed by atoms with van der Waals surface area (Å²) < 4.78 is 0. The smallest absolute Gasteiger partial charge is 0.321 e. The SMILES string of the molecule is O=C(NC(=O)c1cccs1)NC1CCCCCC1. The van der Waals surface area contributed by atoms with Crippen LogP contribution in [0.1, 0.15) is 48.2 Å². The van der Waals surface area contributed by atoms with Crippen molar-refractivity contribution >= 4 is 23.3 Å². The van der Waals surface area contributed by atoms with Gasteiger partial charge in [0.1, 0.15) is 0 Å². The summed E-state index contributed by atoms with van der Waals surface area (Å²) in [6, 6.07) is 3.34. The van der Waals surface area contributed by atoms with Gasteiger partial charge in [-0.05, 0) is 24.3 Å². The summed E-state index contributed by atoms with van der Waals surface area (Å²) in [7, 11) is 0. The van der Waals surface area contributed by atoms with E-state index < -0.39 is 0 Å². The number of carbonyl (C=O) groups excluding carboxylic acids is 2. The Morgan fingerprint density at radius 2 is 1.89 bits per heavy atom. The molecule has 1 aliphatic rings. The molecule has 3 amide bonds. The van der Waals surface area contributed by atoms with Crippen molar-refractivity contribution in [2.75, 3.05) is 0 Å². The molecule has 5 heteroatoms. The van der Waals surface area contributed by atoms with Gasteiger partial charge in [0, 0.05) is 6.04 Å². The molecule has 0 bridgehead atoms. The van der Waals surface area contributed by atoms with Crippen molar-refractivity contribution in [1.82, 2.24) is 10.6 Å². The van der Waals surface area contributed by atoms with Crippen LogP contribution in [0.15, 0.2) is 17.5 Å². The fraction of sp³-hybridized carbons (Fsp3) is 0.538. The zero-order valence-corrected chi connectivity index (χ0v) is 11.1. The van der Waals surface area contributed by atoms with Crippen LogP contribution in [0, 0.1) is 0 Å². The van der Waals surface area contributed by atoms with Crippen molar-refractivity contribution < 1.29 is 9.59 Å². The van der Waals surface area contributed by atoms with Crippen LogP contribution in [0.25, 0.3) is 0 Å². The summed E-state index contributed by atoms with van der Waals surface area (Å²) in [5.74, 6) is -0.323. The third-order valence-electron chi connectivity index (χ3n) is 3.16. The standard InChI is InChI=1S/C13H18N2O2S/c16-12(11-8-5-9-18-11)15-13(17)14-10-6-3-1-2-4-7-10/h5,8-10H,1-4,6-7H2,(H2,14,15,16,17). The monoisotopic (exact) mass is 266 g/mol. The van der Waals surface area contributed by atoms with Gasteiger partial charge in [-0.1, -0.05) is 31.7 Å². The summed E-state index contributed by atoms with van der Waals surface area (Å²) in [5.41, 5.74) is 0. The van der Waals surface area contributed by atoms with Crippen LogP contribution in [-0.4, -0.2) is 18.0 Å². The summed E-state index contributed by atoms with van der Waals surface area (Å²) in [4.78, 5) is 23.9. The number of urea groups is 1. The minimum absolute atomic E-state index is 0.212. The molecule has 0 atom stereocenters. The number of nitrogens with one attached hydrogen (secondary N) is 2. The van der Waals surface area contributed by atoms with Gasteiger partial charge in [-0.25, -0.2) is 4.79 Å². The number of hydrogen-bond donors (Lipinski definition) is 2. The fourth-order valence-electron chi connectivity index (χ4n) is 2.22. The van der Waals surface area contributed by atoms with E-state index in [0.29, 0.717) is 4.88 Å². The maximum Gasteiger partial charge on any atom is 0.321 e. The molecule has 1 heterocycles. The Balaban J connectivity index is 1.79. The highest BCUT2D eigenvalue weighted by atomic mass is 32.1. The van der Waals surface area contributed by atoms with E-state index in [9.17, 15) is 9.59 Å². The molecule has 1 saturated carbocycles. The maximum atomic E-state index is 11.7. The third-order valence-corrected chi connectivity index (χ3v) is 4.03. The van der Waals surface area contributed by atoms with Crippen LogP contribution in [0.5, 0.6) is 0 Å². The van der Waals surface area contributed by atoms with Gasteiger partial charge in [-0.2, -0.15) is 0 Å². The van der Waals surface area contributed by atoms with Gasteiger partial charge in [0.2, 0.25) is 0 Å². The maximum absolute atomic E-state index is 11.7. The first kappa shape index (κ1) is 13.1. The molecule has 0 aliphatic heterocycles. The molecule has 0 saturated heterocycles. The van der Waals surface area contributed by atoms with Gasteiger partial charge in [-0.3, -0.25) is 10.1 Å². The van der Waals surface area contributed by atoms with Crippen LogP contribution in [0.2, 0.25) is 0 Å². The molecular weight excluding hydrogens is 248 g/mol. The van der Waals surface area contributed by atoms with Crippen molar-refractivity contribution in [1.29, 1.82) is 0 Å². The Kier molecular flexibility index (Phi) is 4.75. The highest BCUT2D eigenvalue weighted by molar-refractivity contribution is 7.12. The molecule has 2 rings (SSSR count). The Bertz CT molecular complexity index is 395. The fourth-order valence-corrected chi connectivity index (χ4v) is 2.84. The minimum Gasteiger partial charge on any atom is -0.335 e. The lowest BCUT2D eigenvalue weighted by atomic mass is 10.1. The number of imide groups is 1. The average Bonchev–Trinajstić information content (AvgIpc) is 2.76. The number of amides is 3. The van der Waals surface area contributed by atoms with Gasteiger partial charge < -0.3 is 5.32 Å². The van der Waals surface area contributed by atoms with Crippen LogP contribution in [0.3, 0.4) is 0 Å². The lowest BCUT2D eigenvalue weighted by Crippen LogP contribution is -2.44. The van der Waals surface area contributed by atoms with Crippen LogP contribution < -0.4 is 10.6 Å². The van der Waals surface area contributed by atoms with E-state index >= 15 is 0 Å². The molecule has 1 fully saturated rings. The number of rotatable bonds is 2. The number of hydrogen-bond acceptors (Lipinski definition) is 3. The summed E-state index contributed by atoms with van der Waals surface area (Å²) >= 11 is 1.33. The van der Waals surface area contributed by atoms with Crippen molar-refractivity contribution in [2.45, 2.75) is 44.6 Å². The second kappa shape index (κ2) is 6.54. The van der Waals surface area contributed by atoms with E-state index in [1.165, 1.54) is 24.2 Å². The first-order valence-electron chi connectivity index (χ1n) is 6.41. The largest absolute Gasteiger partial charge is 0.335 e. The molecule has 2 N–H and O–H groups in total. The normalized spacial score (nSPS) is 16.9. The van der Waals surface area contributed by atoms with Crippen LogP contribution in [-0.2, 0) is 0 Å². The molecule has 98 valence electrons. The van der Waals surface area contributed by atoms with Gasteiger partial charge in [0.05, 0.1) is 4.88 Å². The summed E-state index contributed by atoms with van der Waals surface area (Å²) in [6.45, 7) is 0. The highest BCUT2D eigenvalue weighted by Crippen LogP contribution is 2.17. The predicted molar refractivity (Wildman–Crippen MR) is 71.8 cm³/mol. The van der Waals surface area contributed by atoms with Crippen molar-refractivity contribution in [3.8, 4) is 0 Å². The van der Waals surface area contributed by atoms with Crippen LogP contribution in [0.4, 0.5) is 4.79 Å². The van der Waals surface area contributed by atoms with E-state index in [1.54, 1.807) is 12.1 Å². The molecule has 18 heavy (non-hydrogen) atoms. The molecule has 0 unspecified atom stereocenters.